The molecule has 0 heterocycles. The van der Waals surface area contributed by atoms with E-state index in [9.17, 15) is 18.0 Å². The van der Waals surface area contributed by atoms with Crippen molar-refractivity contribution in [2.75, 3.05) is 6.61 Å². The number of rotatable bonds is 7. The zero-order valence-corrected chi connectivity index (χ0v) is 15.2. The molecular formula is C21H22F3NO3. The fourth-order valence-corrected chi connectivity index (χ4v) is 4.05. The number of hydrogen-bond donors (Lipinski definition) is 1. The lowest BCUT2D eigenvalue weighted by Gasteiger charge is -2.21. The van der Waals surface area contributed by atoms with Crippen LogP contribution in [0.2, 0.25) is 0 Å². The topological polar surface area (TPSA) is 61.5 Å². The Labute approximate surface area is 161 Å². The Bertz CT molecular complexity index is 826. The quantitative estimate of drug-likeness (QED) is 0.557. The molecule has 3 unspecified atom stereocenters. The molecule has 4 nitrogen and oxygen atoms in total. The first kappa shape index (κ1) is 19.1. The van der Waals surface area contributed by atoms with Crippen LogP contribution >= 0.6 is 0 Å². The highest BCUT2D eigenvalue weighted by atomic mass is 19.4. The first-order valence-corrected chi connectivity index (χ1v) is 9.49. The fraction of sp³-hybridized carbons (Fsp3) is 0.476. The summed E-state index contributed by atoms with van der Waals surface area (Å²) in [6.45, 7) is 0.00322. The molecule has 0 aliphatic heterocycles. The van der Waals surface area contributed by atoms with Gasteiger partial charge in [-0.25, -0.2) is 0 Å². The van der Waals surface area contributed by atoms with Gasteiger partial charge in [-0.05, 0) is 43.7 Å². The van der Waals surface area contributed by atoms with Crippen molar-refractivity contribution < 1.29 is 27.4 Å². The van der Waals surface area contributed by atoms with Gasteiger partial charge in [0, 0.05) is 23.0 Å². The largest absolute Gasteiger partial charge is 0.573 e. The van der Waals surface area contributed by atoms with E-state index in [1.54, 1.807) is 6.07 Å². The molecule has 3 atom stereocenters. The van der Waals surface area contributed by atoms with Crippen molar-refractivity contribution in [3.05, 3.63) is 47.6 Å². The Morgan fingerprint density at radius 1 is 1.14 bits per heavy atom. The molecule has 0 saturated heterocycles. The monoisotopic (exact) mass is 393 g/mol. The minimum atomic E-state index is -4.84. The van der Waals surface area contributed by atoms with Crippen LogP contribution in [-0.4, -0.2) is 24.9 Å². The zero-order valence-electron chi connectivity index (χ0n) is 15.2. The minimum absolute atomic E-state index is 0.00322. The van der Waals surface area contributed by atoms with E-state index in [1.165, 1.54) is 18.2 Å². The maximum absolute atomic E-state index is 12.8. The lowest BCUT2D eigenvalue weighted by molar-refractivity contribution is -0.274. The van der Waals surface area contributed by atoms with Gasteiger partial charge in [0.05, 0.1) is 18.4 Å². The van der Waals surface area contributed by atoms with E-state index >= 15 is 0 Å². The summed E-state index contributed by atoms with van der Waals surface area (Å²) in [6.07, 6.45) is 3.00. The normalized spacial score (nSPS) is 27.0. The van der Waals surface area contributed by atoms with Gasteiger partial charge in [0.25, 0.3) is 0 Å². The molecule has 2 N–H and O–H groups in total. The van der Waals surface area contributed by atoms with Gasteiger partial charge in [-0.2, -0.15) is 0 Å². The maximum atomic E-state index is 12.8. The predicted molar refractivity (Wildman–Crippen MR) is 97.1 cm³/mol. The van der Waals surface area contributed by atoms with Crippen LogP contribution in [0, 0.1) is 17.8 Å². The molecule has 0 spiro atoms. The molecule has 0 aromatic heterocycles. The second kappa shape index (κ2) is 7.28. The second-order valence-corrected chi connectivity index (χ2v) is 7.70. The van der Waals surface area contributed by atoms with Gasteiger partial charge >= 0.3 is 6.36 Å². The first-order chi connectivity index (χ1) is 13.3. The van der Waals surface area contributed by atoms with Crippen molar-refractivity contribution in [3.63, 3.8) is 0 Å². The minimum Gasteiger partial charge on any atom is -0.405 e. The number of nitrogens with two attached hydrogens (primary N) is 1. The third-order valence-corrected chi connectivity index (χ3v) is 5.63. The summed E-state index contributed by atoms with van der Waals surface area (Å²) in [5, 5.41) is 0. The Balaban J connectivity index is 1.60. The lowest BCUT2D eigenvalue weighted by Crippen LogP contribution is -2.24. The summed E-state index contributed by atoms with van der Waals surface area (Å²) in [7, 11) is 0. The number of carbonyl (C=O) groups is 1. The molecule has 2 saturated carbocycles. The average molecular weight is 393 g/mol. The number of Topliss-reactive ketones (excluding diaryl/α,β-unsaturated/α-hetero) is 1. The van der Waals surface area contributed by atoms with Gasteiger partial charge in [0.2, 0.25) is 0 Å². The Morgan fingerprint density at radius 3 is 2.50 bits per heavy atom. The van der Waals surface area contributed by atoms with Crippen LogP contribution in [0.5, 0.6) is 5.75 Å². The molecule has 4 rings (SSSR count). The van der Waals surface area contributed by atoms with E-state index in [-0.39, 0.29) is 41.2 Å². The summed E-state index contributed by atoms with van der Waals surface area (Å²) in [5.74, 6) is 0.173. The molecule has 3 aliphatic rings. The summed E-state index contributed by atoms with van der Waals surface area (Å²) in [5.41, 5.74) is 6.50. The number of ether oxygens (including phenoxy) is 2. The average Bonchev–Trinajstić information content (AvgIpc) is 3.29. The lowest BCUT2D eigenvalue weighted by atomic mass is 10.00. The molecule has 28 heavy (non-hydrogen) atoms. The molecule has 2 fully saturated rings. The number of alkyl halides is 3. The van der Waals surface area contributed by atoms with Crippen molar-refractivity contribution in [1.29, 1.82) is 0 Å². The van der Waals surface area contributed by atoms with Crippen LogP contribution in [-0.2, 0) is 9.53 Å². The highest BCUT2D eigenvalue weighted by Crippen LogP contribution is 2.41. The molecule has 2 bridgehead atoms. The molecule has 0 amide bonds. The first-order valence-electron chi connectivity index (χ1n) is 9.49. The molecular weight excluding hydrogens is 371 g/mol. The van der Waals surface area contributed by atoms with Gasteiger partial charge in [-0.15, -0.1) is 13.2 Å². The Kier molecular flexibility index (Phi) is 4.95. The number of hydrogen-bond acceptors (Lipinski definition) is 4. The molecule has 1 aromatic carbocycles. The van der Waals surface area contributed by atoms with E-state index in [4.69, 9.17) is 10.5 Å². The molecule has 1 aromatic rings. The number of carbonyl (C=O) groups excluding carboxylic acids is 1. The second-order valence-electron chi connectivity index (χ2n) is 7.70. The number of ketones is 1. The van der Waals surface area contributed by atoms with Crippen LogP contribution < -0.4 is 10.5 Å². The van der Waals surface area contributed by atoms with Gasteiger partial charge in [0.1, 0.15) is 5.75 Å². The van der Waals surface area contributed by atoms with Crippen LogP contribution in [0.15, 0.2) is 42.0 Å². The molecule has 7 heteroatoms. The van der Waals surface area contributed by atoms with Gasteiger partial charge in [-0.1, -0.05) is 24.3 Å². The third-order valence-electron chi connectivity index (χ3n) is 5.63. The van der Waals surface area contributed by atoms with Gasteiger partial charge in [0.15, 0.2) is 5.78 Å². The van der Waals surface area contributed by atoms with E-state index < -0.39 is 12.1 Å². The smallest absolute Gasteiger partial charge is 0.405 e. The summed E-state index contributed by atoms with van der Waals surface area (Å²) in [6, 6.07) is 5.61. The summed E-state index contributed by atoms with van der Waals surface area (Å²) >= 11 is 0. The highest BCUT2D eigenvalue weighted by molar-refractivity contribution is 6.05. The van der Waals surface area contributed by atoms with E-state index in [1.807, 2.05) is 0 Å². The predicted octanol–water partition coefficient (Wildman–Crippen LogP) is 4.22. The highest BCUT2D eigenvalue weighted by Gasteiger charge is 2.38. The molecule has 3 aliphatic carbocycles. The van der Waals surface area contributed by atoms with Crippen molar-refractivity contribution >= 4 is 11.5 Å². The SMILES string of the molecule is N/C(=C(/COC1CC2C=CC1C2)C(=O)C1CC1)c1ccccc1OC(F)(F)F. The fourth-order valence-electron chi connectivity index (χ4n) is 4.05. The van der Waals surface area contributed by atoms with Crippen LogP contribution in [0.3, 0.4) is 0 Å². The number of fused-ring (bicyclic) bond motifs is 2. The van der Waals surface area contributed by atoms with Crippen molar-refractivity contribution in [1.82, 2.24) is 0 Å². The zero-order chi connectivity index (χ0) is 19.9. The van der Waals surface area contributed by atoms with Gasteiger partial charge in [-0.3, -0.25) is 4.79 Å². The Morgan fingerprint density at radius 2 is 1.89 bits per heavy atom. The molecule has 150 valence electrons. The number of allylic oxidation sites excluding steroid dienone is 1. The van der Waals surface area contributed by atoms with E-state index in [2.05, 4.69) is 16.9 Å². The standard InChI is InChI=1S/C21H22F3NO3/c22-21(23,24)28-17-4-2-1-3-15(17)19(25)16(20(26)13-7-8-13)11-27-18-10-12-5-6-14(18)9-12/h1-6,12-14,18H,7-11,25H2/b19-16-. The number of halogens is 3. The van der Waals surface area contributed by atoms with Gasteiger partial charge < -0.3 is 15.2 Å². The summed E-state index contributed by atoms with van der Waals surface area (Å²) < 4.78 is 48.3. The van der Waals surface area contributed by atoms with Crippen LogP contribution in [0.25, 0.3) is 5.70 Å². The third kappa shape index (κ3) is 4.09. The van der Waals surface area contributed by atoms with Crippen LogP contribution in [0.4, 0.5) is 13.2 Å². The van der Waals surface area contributed by atoms with E-state index in [0.717, 1.165) is 25.7 Å². The van der Waals surface area contributed by atoms with Crippen LogP contribution in [0.1, 0.15) is 31.2 Å². The maximum Gasteiger partial charge on any atom is 0.573 e. The number of benzene rings is 1. The van der Waals surface area contributed by atoms with Crippen molar-refractivity contribution in [3.8, 4) is 5.75 Å². The Hall–Kier alpha value is -2.28. The van der Waals surface area contributed by atoms with E-state index in [0.29, 0.717) is 11.8 Å². The molecule has 0 radical (unpaired) electrons. The number of para-hydroxylation sites is 1. The van der Waals surface area contributed by atoms with Crippen molar-refractivity contribution in [2.24, 2.45) is 23.5 Å². The summed E-state index contributed by atoms with van der Waals surface area (Å²) in [4.78, 5) is 12.8. The van der Waals surface area contributed by atoms with Crippen molar-refractivity contribution in [2.45, 2.75) is 38.1 Å².